The Morgan fingerprint density at radius 1 is 1.16 bits per heavy atom. The largest absolute Gasteiger partial charge is 0.369 e. The highest BCUT2D eigenvalue weighted by Crippen LogP contribution is 2.15. The number of nitrogen functional groups attached to an aromatic ring is 1. The number of anilines is 1. The first-order valence-electron chi connectivity index (χ1n) is 6.12. The highest BCUT2D eigenvalue weighted by Gasteiger charge is 2.02. The molecule has 0 saturated heterocycles. The minimum Gasteiger partial charge on any atom is -0.369 e. The maximum atomic E-state index is 11.3. The van der Waals surface area contributed by atoms with Crippen LogP contribution < -0.4 is 11.3 Å². The van der Waals surface area contributed by atoms with Crippen molar-refractivity contribution < 1.29 is 0 Å². The molecule has 1 aromatic carbocycles. The van der Waals surface area contributed by atoms with Gasteiger partial charge in [0, 0.05) is 17.8 Å². The van der Waals surface area contributed by atoms with E-state index in [0.29, 0.717) is 12.1 Å². The maximum Gasteiger partial charge on any atom is 0.252 e. The molecule has 0 bridgehead atoms. The van der Waals surface area contributed by atoms with Crippen molar-refractivity contribution in [2.45, 2.75) is 12.8 Å². The Morgan fingerprint density at radius 2 is 2.05 bits per heavy atom. The maximum absolute atomic E-state index is 11.3. The summed E-state index contributed by atoms with van der Waals surface area (Å²) in [5.41, 5.74) is 8.35. The van der Waals surface area contributed by atoms with E-state index in [-0.39, 0.29) is 11.5 Å². The van der Waals surface area contributed by atoms with E-state index in [9.17, 15) is 4.79 Å². The molecule has 96 valence electrons. The topological polar surface area (TPSA) is 87.6 Å². The third-order valence-corrected chi connectivity index (χ3v) is 3.10. The van der Waals surface area contributed by atoms with Gasteiger partial charge >= 0.3 is 0 Å². The number of aryl methyl sites for hydroxylation is 2. The van der Waals surface area contributed by atoms with Crippen LogP contribution in [0.3, 0.4) is 0 Å². The van der Waals surface area contributed by atoms with Crippen LogP contribution in [0.5, 0.6) is 0 Å². The van der Waals surface area contributed by atoms with Gasteiger partial charge in [-0.2, -0.15) is 0 Å². The Hall–Kier alpha value is -2.56. The van der Waals surface area contributed by atoms with Gasteiger partial charge in [-0.25, -0.2) is 4.98 Å². The lowest BCUT2D eigenvalue weighted by Gasteiger charge is -2.02. The smallest absolute Gasteiger partial charge is 0.252 e. The van der Waals surface area contributed by atoms with Gasteiger partial charge in [-0.1, -0.05) is 12.1 Å². The Bertz CT molecular complexity index is 772. The summed E-state index contributed by atoms with van der Waals surface area (Å²) in [5, 5.41) is 1.20. The zero-order valence-corrected chi connectivity index (χ0v) is 10.3. The van der Waals surface area contributed by atoms with E-state index < -0.39 is 0 Å². The predicted molar refractivity (Wildman–Crippen MR) is 75.0 cm³/mol. The van der Waals surface area contributed by atoms with E-state index in [2.05, 4.69) is 33.2 Å². The number of nitrogens with zero attached hydrogens (tertiary/aromatic N) is 1. The van der Waals surface area contributed by atoms with E-state index >= 15 is 0 Å². The van der Waals surface area contributed by atoms with E-state index in [1.807, 2.05) is 12.3 Å². The van der Waals surface area contributed by atoms with Crippen LogP contribution in [-0.2, 0) is 12.8 Å². The van der Waals surface area contributed by atoms with E-state index in [1.54, 1.807) is 0 Å². The third kappa shape index (κ3) is 2.49. The average molecular weight is 254 g/mol. The summed E-state index contributed by atoms with van der Waals surface area (Å²) in [7, 11) is 0. The van der Waals surface area contributed by atoms with Gasteiger partial charge in [0.15, 0.2) is 0 Å². The molecule has 0 aliphatic heterocycles. The molecule has 0 unspecified atom stereocenters. The Balaban J connectivity index is 1.79. The van der Waals surface area contributed by atoms with Crippen LogP contribution in [0.4, 0.5) is 5.95 Å². The summed E-state index contributed by atoms with van der Waals surface area (Å²) < 4.78 is 0. The van der Waals surface area contributed by atoms with Gasteiger partial charge in [0.1, 0.15) is 0 Å². The second-order valence-corrected chi connectivity index (χ2v) is 4.52. The van der Waals surface area contributed by atoms with Gasteiger partial charge in [-0.15, -0.1) is 0 Å². The standard InChI is InChI=1S/C14H14N4O/c15-14-17-11(8-13(19)18-14)4-2-9-1-3-10-5-6-16-12(10)7-9/h1,3,5-8,16H,2,4H2,(H3,15,17,18,19). The number of rotatable bonds is 3. The lowest BCUT2D eigenvalue weighted by atomic mass is 10.1. The molecular formula is C14H14N4O. The first-order valence-corrected chi connectivity index (χ1v) is 6.12. The second-order valence-electron chi connectivity index (χ2n) is 4.52. The van der Waals surface area contributed by atoms with Crippen LogP contribution in [0.2, 0.25) is 0 Å². The SMILES string of the molecule is Nc1nc(CCc2ccc3cc[nH]c3c2)cc(=O)[nH]1. The van der Waals surface area contributed by atoms with Crippen molar-refractivity contribution in [2.75, 3.05) is 5.73 Å². The summed E-state index contributed by atoms with van der Waals surface area (Å²) in [6, 6.07) is 9.82. The van der Waals surface area contributed by atoms with Gasteiger partial charge in [0.05, 0.1) is 5.69 Å². The summed E-state index contributed by atoms with van der Waals surface area (Å²) >= 11 is 0. The van der Waals surface area contributed by atoms with Gasteiger partial charge < -0.3 is 10.7 Å². The van der Waals surface area contributed by atoms with Crippen LogP contribution in [0.1, 0.15) is 11.3 Å². The number of H-pyrrole nitrogens is 2. The Kier molecular flexibility index (Phi) is 2.79. The van der Waals surface area contributed by atoms with E-state index in [0.717, 1.165) is 11.9 Å². The van der Waals surface area contributed by atoms with E-state index in [4.69, 9.17) is 5.73 Å². The third-order valence-electron chi connectivity index (χ3n) is 3.10. The molecule has 2 heterocycles. The molecule has 2 aromatic heterocycles. The highest BCUT2D eigenvalue weighted by atomic mass is 16.1. The quantitative estimate of drug-likeness (QED) is 0.663. The number of aromatic amines is 2. The molecule has 0 fully saturated rings. The zero-order valence-electron chi connectivity index (χ0n) is 10.3. The highest BCUT2D eigenvalue weighted by molar-refractivity contribution is 5.79. The fourth-order valence-electron chi connectivity index (χ4n) is 2.18. The number of hydrogen-bond donors (Lipinski definition) is 3. The van der Waals surface area contributed by atoms with Crippen molar-refractivity contribution in [3.05, 3.63) is 58.1 Å². The fraction of sp³-hybridized carbons (Fsp3) is 0.143. The van der Waals surface area contributed by atoms with Crippen molar-refractivity contribution >= 4 is 16.9 Å². The molecule has 5 nitrogen and oxygen atoms in total. The number of aromatic nitrogens is 3. The van der Waals surface area contributed by atoms with Gasteiger partial charge in [-0.05, 0) is 35.9 Å². The van der Waals surface area contributed by atoms with Crippen molar-refractivity contribution in [2.24, 2.45) is 0 Å². The molecule has 5 heteroatoms. The normalized spacial score (nSPS) is 10.9. The summed E-state index contributed by atoms with van der Waals surface area (Å²) in [5.74, 6) is 0.169. The van der Waals surface area contributed by atoms with Crippen LogP contribution in [0.25, 0.3) is 10.9 Å². The molecule has 0 aliphatic rings. The minimum absolute atomic E-state index is 0.169. The molecule has 19 heavy (non-hydrogen) atoms. The summed E-state index contributed by atoms with van der Waals surface area (Å²) in [4.78, 5) is 21.0. The number of fused-ring (bicyclic) bond motifs is 1. The zero-order chi connectivity index (χ0) is 13.2. The molecule has 4 N–H and O–H groups in total. The molecule has 0 radical (unpaired) electrons. The minimum atomic E-state index is -0.206. The van der Waals surface area contributed by atoms with Crippen molar-refractivity contribution in [1.29, 1.82) is 0 Å². The van der Waals surface area contributed by atoms with Crippen molar-refractivity contribution in [1.82, 2.24) is 15.0 Å². The van der Waals surface area contributed by atoms with Gasteiger partial charge in [0.2, 0.25) is 5.95 Å². The Morgan fingerprint density at radius 3 is 2.89 bits per heavy atom. The Labute approximate surface area is 109 Å². The van der Waals surface area contributed by atoms with Crippen molar-refractivity contribution in [3.63, 3.8) is 0 Å². The summed E-state index contributed by atoms with van der Waals surface area (Å²) in [6.07, 6.45) is 3.44. The lowest BCUT2D eigenvalue weighted by Crippen LogP contribution is -2.12. The van der Waals surface area contributed by atoms with Crippen LogP contribution >= 0.6 is 0 Å². The molecule has 0 amide bonds. The van der Waals surface area contributed by atoms with Crippen LogP contribution in [0, 0.1) is 0 Å². The van der Waals surface area contributed by atoms with Crippen molar-refractivity contribution in [3.8, 4) is 0 Å². The number of hydrogen-bond acceptors (Lipinski definition) is 3. The molecule has 0 atom stereocenters. The first-order chi connectivity index (χ1) is 9.20. The first kappa shape index (κ1) is 11.5. The molecule has 3 rings (SSSR count). The van der Waals surface area contributed by atoms with Crippen LogP contribution in [-0.4, -0.2) is 15.0 Å². The molecule has 0 spiro atoms. The molecule has 3 aromatic rings. The monoisotopic (exact) mass is 254 g/mol. The van der Waals surface area contributed by atoms with Gasteiger partial charge in [0.25, 0.3) is 5.56 Å². The fourth-order valence-corrected chi connectivity index (χ4v) is 2.18. The number of nitrogens with one attached hydrogen (secondary N) is 2. The average Bonchev–Trinajstić information content (AvgIpc) is 2.82. The van der Waals surface area contributed by atoms with Crippen LogP contribution in [0.15, 0.2) is 41.3 Å². The van der Waals surface area contributed by atoms with Gasteiger partial charge in [-0.3, -0.25) is 9.78 Å². The molecular weight excluding hydrogens is 240 g/mol. The number of nitrogens with two attached hydrogens (primary N) is 1. The number of benzene rings is 1. The molecule has 0 aliphatic carbocycles. The predicted octanol–water partition coefficient (Wildman–Crippen LogP) is 1.62. The molecule has 0 saturated carbocycles. The summed E-state index contributed by atoms with van der Waals surface area (Å²) in [6.45, 7) is 0. The lowest BCUT2D eigenvalue weighted by molar-refractivity contribution is 0.899. The second kappa shape index (κ2) is 4.61. The van der Waals surface area contributed by atoms with E-state index in [1.165, 1.54) is 17.0 Å².